The molecule has 6 nitrogen and oxygen atoms in total. The summed E-state index contributed by atoms with van der Waals surface area (Å²) >= 11 is 0. The van der Waals surface area contributed by atoms with Gasteiger partial charge in [0, 0.05) is 16.2 Å². The van der Waals surface area contributed by atoms with Crippen molar-refractivity contribution in [1.29, 1.82) is 5.26 Å². The second kappa shape index (κ2) is 4.08. The number of nitriles is 1. The molecule has 84 valence electrons. The zero-order valence-electron chi connectivity index (χ0n) is 7.97. The highest BCUT2D eigenvalue weighted by atomic mass is 35.7. The summed E-state index contributed by atoms with van der Waals surface area (Å²) in [4.78, 5) is 9.53. The number of hydrogen-bond donors (Lipinski definition) is 0. The summed E-state index contributed by atoms with van der Waals surface area (Å²) in [5.74, 6) is 0. The van der Waals surface area contributed by atoms with E-state index in [1.807, 2.05) is 0 Å². The van der Waals surface area contributed by atoms with Gasteiger partial charge in [-0.25, -0.2) is 8.42 Å². The molecule has 0 bridgehead atoms. The largest absolute Gasteiger partial charge is 0.291 e. The average Bonchev–Trinajstić information content (AvgIpc) is 2.14. The quantitative estimate of drug-likeness (QED) is 0.457. The highest BCUT2D eigenvalue weighted by Gasteiger charge is 2.25. The van der Waals surface area contributed by atoms with Crippen molar-refractivity contribution < 1.29 is 13.3 Å². The van der Waals surface area contributed by atoms with E-state index >= 15 is 0 Å². The van der Waals surface area contributed by atoms with Gasteiger partial charge in [0.25, 0.3) is 14.7 Å². The predicted molar refractivity (Wildman–Crippen MR) is 55.6 cm³/mol. The highest BCUT2D eigenvalue weighted by Crippen LogP contribution is 2.30. The fraction of sp³-hybridized carbons (Fsp3) is 0.125. The third kappa shape index (κ3) is 2.13. The van der Waals surface area contributed by atoms with E-state index in [-0.39, 0.29) is 16.0 Å². The molecule has 0 aliphatic rings. The standard InChI is InChI=1S/C8H5ClN2O4S/c1-5-7(16(9,14)15)3-2-6(4-10)8(5)11(12)13/h2-3H,1H3. The highest BCUT2D eigenvalue weighted by molar-refractivity contribution is 8.13. The number of nitrogens with zero attached hydrogens (tertiary/aromatic N) is 2. The van der Waals surface area contributed by atoms with E-state index in [1.165, 1.54) is 6.92 Å². The Hall–Kier alpha value is -1.65. The molecule has 0 saturated carbocycles. The summed E-state index contributed by atoms with van der Waals surface area (Å²) in [5, 5.41) is 19.3. The van der Waals surface area contributed by atoms with E-state index in [2.05, 4.69) is 0 Å². The van der Waals surface area contributed by atoms with Crippen molar-refractivity contribution in [3.05, 3.63) is 33.4 Å². The maximum Gasteiger partial charge on any atom is 0.291 e. The molecule has 8 heteroatoms. The Balaban J connectivity index is 3.72. The van der Waals surface area contributed by atoms with Gasteiger partial charge in [-0.3, -0.25) is 10.1 Å². The molecule has 0 unspecified atom stereocenters. The first-order valence-corrected chi connectivity index (χ1v) is 6.22. The van der Waals surface area contributed by atoms with Crippen LogP contribution in [0.25, 0.3) is 0 Å². The molecule has 0 saturated heterocycles. The van der Waals surface area contributed by atoms with Crippen LogP contribution in [0.4, 0.5) is 5.69 Å². The third-order valence-electron chi connectivity index (χ3n) is 1.95. The topological polar surface area (TPSA) is 101 Å². The number of halogens is 1. The second-order valence-corrected chi connectivity index (χ2v) is 5.43. The van der Waals surface area contributed by atoms with Crippen molar-refractivity contribution in [2.75, 3.05) is 0 Å². The first-order chi connectivity index (χ1) is 7.29. The van der Waals surface area contributed by atoms with Crippen molar-refractivity contribution in [2.24, 2.45) is 0 Å². The molecule has 1 aromatic rings. The molecule has 0 atom stereocenters. The number of nitro groups is 1. The molecule has 0 aromatic heterocycles. The molecule has 0 N–H and O–H groups in total. The fourth-order valence-electron chi connectivity index (χ4n) is 1.27. The Kier molecular flexibility index (Phi) is 3.16. The van der Waals surface area contributed by atoms with Gasteiger partial charge in [0.1, 0.15) is 11.6 Å². The molecule has 0 aliphatic heterocycles. The van der Waals surface area contributed by atoms with Crippen LogP contribution in [0.3, 0.4) is 0 Å². The Bertz CT molecular complexity index is 603. The Morgan fingerprint density at radius 3 is 2.44 bits per heavy atom. The molecule has 0 amide bonds. The van der Waals surface area contributed by atoms with Crippen LogP contribution in [0.15, 0.2) is 17.0 Å². The molecule has 0 fully saturated rings. The average molecular weight is 261 g/mol. The van der Waals surface area contributed by atoms with Gasteiger partial charge in [-0.15, -0.1) is 0 Å². The molecular formula is C8H5ClN2O4S. The molecular weight excluding hydrogens is 256 g/mol. The van der Waals surface area contributed by atoms with E-state index in [4.69, 9.17) is 15.9 Å². The summed E-state index contributed by atoms with van der Waals surface area (Å²) in [7, 11) is 1.05. The van der Waals surface area contributed by atoms with E-state index in [0.717, 1.165) is 12.1 Å². The third-order valence-corrected chi connectivity index (χ3v) is 3.41. The van der Waals surface area contributed by atoms with Crippen molar-refractivity contribution in [2.45, 2.75) is 11.8 Å². The molecule has 0 heterocycles. The fourth-order valence-corrected chi connectivity index (χ4v) is 2.47. The van der Waals surface area contributed by atoms with Crippen LogP contribution in [0.2, 0.25) is 0 Å². The number of nitro benzene ring substituents is 1. The lowest BCUT2D eigenvalue weighted by molar-refractivity contribution is -0.385. The summed E-state index contributed by atoms with van der Waals surface area (Å²) < 4.78 is 22.2. The predicted octanol–water partition coefficient (Wildman–Crippen LogP) is 1.70. The minimum absolute atomic E-state index is 0.140. The molecule has 16 heavy (non-hydrogen) atoms. The minimum Gasteiger partial charge on any atom is -0.258 e. The van der Waals surface area contributed by atoms with Crippen molar-refractivity contribution >= 4 is 25.4 Å². The number of rotatable bonds is 2. The Labute approximate surface area is 95.6 Å². The smallest absolute Gasteiger partial charge is 0.258 e. The lowest BCUT2D eigenvalue weighted by atomic mass is 10.1. The van der Waals surface area contributed by atoms with Crippen molar-refractivity contribution in [3.63, 3.8) is 0 Å². The van der Waals surface area contributed by atoms with E-state index < -0.39 is 19.7 Å². The van der Waals surface area contributed by atoms with Gasteiger partial charge >= 0.3 is 0 Å². The van der Waals surface area contributed by atoms with Gasteiger partial charge in [0.05, 0.1) is 9.82 Å². The second-order valence-electron chi connectivity index (χ2n) is 2.89. The number of hydrogen-bond acceptors (Lipinski definition) is 5. The van der Waals surface area contributed by atoms with Crippen LogP contribution in [-0.4, -0.2) is 13.3 Å². The maximum absolute atomic E-state index is 11.1. The van der Waals surface area contributed by atoms with Crippen LogP contribution in [0, 0.1) is 28.4 Å². The van der Waals surface area contributed by atoms with Gasteiger partial charge in [0.15, 0.2) is 0 Å². The van der Waals surface area contributed by atoms with Gasteiger partial charge < -0.3 is 0 Å². The zero-order valence-corrected chi connectivity index (χ0v) is 9.54. The summed E-state index contributed by atoms with van der Waals surface area (Å²) in [6, 6.07) is 3.75. The van der Waals surface area contributed by atoms with Crippen LogP contribution in [0.1, 0.15) is 11.1 Å². The van der Waals surface area contributed by atoms with Crippen molar-refractivity contribution in [1.82, 2.24) is 0 Å². The van der Waals surface area contributed by atoms with Crippen LogP contribution in [-0.2, 0) is 9.05 Å². The molecule has 0 aliphatic carbocycles. The first-order valence-electron chi connectivity index (χ1n) is 3.91. The van der Waals surface area contributed by atoms with Gasteiger partial charge in [0.2, 0.25) is 0 Å². The van der Waals surface area contributed by atoms with Crippen LogP contribution in [0.5, 0.6) is 0 Å². The lowest BCUT2D eigenvalue weighted by Crippen LogP contribution is -2.01. The molecule has 0 radical (unpaired) electrons. The minimum atomic E-state index is -4.06. The zero-order chi connectivity index (χ0) is 12.5. The van der Waals surface area contributed by atoms with Crippen molar-refractivity contribution in [3.8, 4) is 6.07 Å². The van der Waals surface area contributed by atoms with Gasteiger partial charge in [-0.05, 0) is 19.1 Å². The monoisotopic (exact) mass is 260 g/mol. The summed E-state index contributed by atoms with van der Waals surface area (Å²) in [6.07, 6.45) is 0. The Morgan fingerprint density at radius 1 is 1.50 bits per heavy atom. The van der Waals surface area contributed by atoms with E-state index in [9.17, 15) is 18.5 Å². The SMILES string of the molecule is Cc1c(S(=O)(=O)Cl)ccc(C#N)c1[N+](=O)[O-]. The van der Waals surface area contributed by atoms with Gasteiger partial charge in [-0.1, -0.05) is 0 Å². The number of benzene rings is 1. The normalized spacial score (nSPS) is 10.8. The molecule has 1 aromatic carbocycles. The first kappa shape index (κ1) is 12.4. The van der Waals surface area contributed by atoms with Crippen LogP contribution >= 0.6 is 10.7 Å². The van der Waals surface area contributed by atoms with E-state index in [1.54, 1.807) is 6.07 Å². The van der Waals surface area contributed by atoms with E-state index in [0.29, 0.717) is 0 Å². The maximum atomic E-state index is 11.1. The molecule has 1 rings (SSSR count). The van der Waals surface area contributed by atoms with Crippen LogP contribution < -0.4 is 0 Å². The lowest BCUT2D eigenvalue weighted by Gasteiger charge is -2.03. The Morgan fingerprint density at radius 2 is 2.06 bits per heavy atom. The molecule has 0 spiro atoms. The summed E-state index contributed by atoms with van der Waals surface area (Å²) in [6.45, 7) is 1.23. The summed E-state index contributed by atoms with van der Waals surface area (Å²) in [5.41, 5.74) is -0.880. The van der Waals surface area contributed by atoms with Gasteiger partial charge in [-0.2, -0.15) is 5.26 Å².